The van der Waals surface area contributed by atoms with Crippen LogP contribution in [0.1, 0.15) is 37.4 Å². The highest BCUT2D eigenvalue weighted by molar-refractivity contribution is 7.80. The lowest BCUT2D eigenvalue weighted by molar-refractivity contribution is 0.161. The summed E-state index contributed by atoms with van der Waals surface area (Å²) in [6, 6.07) is 14.1. The number of hydrogen-bond acceptors (Lipinski definition) is 4. The zero-order valence-corrected chi connectivity index (χ0v) is 18.8. The third kappa shape index (κ3) is 6.97. The van der Waals surface area contributed by atoms with E-state index in [0.29, 0.717) is 24.5 Å². The molecule has 33 heavy (non-hydrogen) atoms. The Morgan fingerprint density at radius 2 is 1.82 bits per heavy atom. The lowest BCUT2D eigenvalue weighted by atomic mass is 9.92. The summed E-state index contributed by atoms with van der Waals surface area (Å²) in [7, 11) is 0. The number of anilines is 1. The highest BCUT2D eigenvalue weighted by Gasteiger charge is 2.36. The fourth-order valence-corrected chi connectivity index (χ4v) is 4.55. The quantitative estimate of drug-likeness (QED) is 0.218. The van der Waals surface area contributed by atoms with E-state index < -0.39 is 17.9 Å². The lowest BCUT2D eigenvalue weighted by Crippen LogP contribution is -2.33. The number of hydrogen-bond donors (Lipinski definition) is 3. The summed E-state index contributed by atoms with van der Waals surface area (Å²) in [5.74, 6) is -0.564. The first-order chi connectivity index (χ1) is 15.8. The molecule has 1 aliphatic rings. The fourth-order valence-electron chi connectivity index (χ4n) is 4.10. The van der Waals surface area contributed by atoms with E-state index in [1.54, 1.807) is 18.2 Å². The fraction of sp³-hybridized carbons (Fsp3) is 0.269. The van der Waals surface area contributed by atoms with E-state index in [-0.39, 0.29) is 17.8 Å². The van der Waals surface area contributed by atoms with E-state index in [1.807, 2.05) is 36.4 Å². The van der Waals surface area contributed by atoms with E-state index in [0.717, 1.165) is 23.5 Å². The summed E-state index contributed by atoms with van der Waals surface area (Å²) < 4.78 is 25.7. The number of nitrogens with zero attached hydrogens (tertiary/aromatic N) is 1. The van der Waals surface area contributed by atoms with Crippen molar-refractivity contribution >= 4 is 22.9 Å². The Kier molecular flexibility index (Phi) is 8.74. The summed E-state index contributed by atoms with van der Waals surface area (Å²) in [4.78, 5) is 2.87. The molecule has 7 heteroatoms. The van der Waals surface area contributed by atoms with Crippen molar-refractivity contribution in [1.82, 2.24) is 0 Å². The molecule has 0 aromatic heterocycles. The van der Waals surface area contributed by atoms with Gasteiger partial charge in [-0.3, -0.25) is 0 Å². The number of para-hydroxylation sites is 1. The third-order valence-corrected chi connectivity index (χ3v) is 6.03. The second kappa shape index (κ2) is 11.7. The van der Waals surface area contributed by atoms with Crippen molar-refractivity contribution in [3.63, 3.8) is 0 Å². The summed E-state index contributed by atoms with van der Waals surface area (Å²) in [6.45, 7) is 0. The van der Waals surface area contributed by atoms with Crippen LogP contribution in [-0.4, -0.2) is 26.3 Å². The van der Waals surface area contributed by atoms with Crippen LogP contribution in [0, 0.1) is 11.7 Å². The van der Waals surface area contributed by atoms with E-state index in [4.69, 9.17) is 17.3 Å². The smallest absolute Gasteiger partial charge is 0.273 e. The predicted molar refractivity (Wildman–Crippen MR) is 130 cm³/mol. The van der Waals surface area contributed by atoms with Gasteiger partial charge in [0.05, 0.1) is 23.2 Å². The molecule has 0 aliphatic carbocycles. The van der Waals surface area contributed by atoms with Crippen LogP contribution in [0.5, 0.6) is 0 Å². The Hall–Kier alpha value is -3.03. The van der Waals surface area contributed by atoms with Crippen molar-refractivity contribution < 1.29 is 24.1 Å². The molecule has 0 amide bonds. The van der Waals surface area contributed by atoms with Crippen molar-refractivity contribution in [2.45, 2.75) is 37.8 Å². The molecule has 3 N–H and O–H groups in total. The molecule has 1 saturated heterocycles. The Morgan fingerprint density at radius 3 is 2.48 bits per heavy atom. The standard InChI is InChI=1S/C26H27F2NO3S/c27-20-14-12-18(13-15-20)24(31)11-4-6-19-16-26(33)29(21-7-2-1-3-8-21)23(19)10-5-9-22(30)17-25(28)32/h1-3,5,7-10,12-15,17,19,23-24,30-32H,4,6,11,16H2/b10-5+,22-9+,25-17+. The van der Waals surface area contributed by atoms with Gasteiger partial charge in [0, 0.05) is 12.1 Å². The minimum Gasteiger partial charge on any atom is -0.508 e. The molecule has 3 atom stereocenters. The van der Waals surface area contributed by atoms with Crippen LogP contribution in [0.25, 0.3) is 0 Å². The number of benzene rings is 2. The molecular formula is C26H27F2NO3S. The van der Waals surface area contributed by atoms with Gasteiger partial charge in [0.15, 0.2) is 0 Å². The second-order valence-corrected chi connectivity index (χ2v) is 8.47. The van der Waals surface area contributed by atoms with E-state index in [1.165, 1.54) is 18.2 Å². The Labute approximate surface area is 197 Å². The van der Waals surface area contributed by atoms with Gasteiger partial charge in [0.25, 0.3) is 6.01 Å². The van der Waals surface area contributed by atoms with Crippen molar-refractivity contribution in [3.8, 4) is 0 Å². The summed E-state index contributed by atoms with van der Waals surface area (Å²) >= 11 is 5.68. The molecule has 174 valence electrons. The minimum absolute atomic E-state index is 0.0881. The van der Waals surface area contributed by atoms with Crippen molar-refractivity contribution in [1.29, 1.82) is 0 Å². The van der Waals surface area contributed by atoms with Crippen LogP contribution in [0.4, 0.5) is 14.5 Å². The van der Waals surface area contributed by atoms with Gasteiger partial charge < -0.3 is 20.2 Å². The minimum atomic E-state index is -1.47. The molecule has 3 rings (SSSR count). The van der Waals surface area contributed by atoms with E-state index in [9.17, 15) is 19.0 Å². The first-order valence-corrected chi connectivity index (χ1v) is 11.2. The summed E-state index contributed by atoms with van der Waals surface area (Å²) in [5, 5.41) is 28.8. The van der Waals surface area contributed by atoms with Gasteiger partial charge in [-0.15, -0.1) is 0 Å². The third-order valence-electron chi connectivity index (χ3n) is 5.67. The van der Waals surface area contributed by atoms with Gasteiger partial charge >= 0.3 is 0 Å². The molecule has 1 heterocycles. The number of allylic oxidation sites excluding steroid dienone is 3. The van der Waals surface area contributed by atoms with Crippen molar-refractivity contribution in [2.24, 2.45) is 5.92 Å². The van der Waals surface area contributed by atoms with Crippen LogP contribution >= 0.6 is 12.2 Å². The Morgan fingerprint density at radius 1 is 1.12 bits per heavy atom. The van der Waals surface area contributed by atoms with Crippen molar-refractivity contribution in [3.05, 3.63) is 102 Å². The number of halogens is 2. The van der Waals surface area contributed by atoms with Crippen LogP contribution in [0.2, 0.25) is 0 Å². The second-order valence-electron chi connectivity index (χ2n) is 8.00. The van der Waals surface area contributed by atoms with Gasteiger partial charge in [-0.25, -0.2) is 4.39 Å². The maximum absolute atomic E-state index is 13.1. The topological polar surface area (TPSA) is 63.9 Å². The summed E-state index contributed by atoms with van der Waals surface area (Å²) in [6.07, 6.45) is 7.55. The molecule has 2 aromatic rings. The van der Waals surface area contributed by atoms with Crippen LogP contribution in [0.15, 0.2) is 90.7 Å². The van der Waals surface area contributed by atoms with Gasteiger partial charge in [0.2, 0.25) is 0 Å². The van der Waals surface area contributed by atoms with Crippen LogP contribution < -0.4 is 4.90 Å². The first kappa shape index (κ1) is 24.6. The van der Waals surface area contributed by atoms with Gasteiger partial charge in [0.1, 0.15) is 11.6 Å². The van der Waals surface area contributed by atoms with E-state index >= 15 is 0 Å². The van der Waals surface area contributed by atoms with Gasteiger partial charge in [-0.05, 0) is 54.7 Å². The zero-order chi connectivity index (χ0) is 23.8. The summed E-state index contributed by atoms with van der Waals surface area (Å²) in [5.41, 5.74) is 1.64. The molecule has 0 radical (unpaired) electrons. The normalized spacial score (nSPS) is 20.6. The number of thiocarbonyl (C=S) groups is 1. The highest BCUT2D eigenvalue weighted by atomic mass is 32.1. The van der Waals surface area contributed by atoms with Gasteiger partial charge in [-0.2, -0.15) is 4.39 Å². The molecule has 3 unspecified atom stereocenters. The number of aliphatic hydroxyl groups is 3. The van der Waals surface area contributed by atoms with Gasteiger partial charge in [-0.1, -0.05) is 61.1 Å². The molecule has 1 fully saturated rings. The van der Waals surface area contributed by atoms with Crippen LogP contribution in [-0.2, 0) is 0 Å². The number of aliphatic hydroxyl groups excluding tert-OH is 3. The lowest BCUT2D eigenvalue weighted by Gasteiger charge is -2.27. The molecule has 0 bridgehead atoms. The molecule has 0 spiro atoms. The average molecular weight is 472 g/mol. The Bertz CT molecular complexity index is 1020. The van der Waals surface area contributed by atoms with E-state index in [2.05, 4.69) is 4.90 Å². The Balaban J connectivity index is 1.72. The molecule has 2 aromatic carbocycles. The first-order valence-electron chi connectivity index (χ1n) is 10.8. The maximum Gasteiger partial charge on any atom is 0.273 e. The molecular weight excluding hydrogens is 444 g/mol. The largest absolute Gasteiger partial charge is 0.508 e. The molecule has 0 saturated carbocycles. The number of rotatable bonds is 9. The monoisotopic (exact) mass is 471 g/mol. The predicted octanol–water partition coefficient (Wildman–Crippen LogP) is 6.62. The molecule has 1 aliphatic heterocycles. The highest BCUT2D eigenvalue weighted by Crippen LogP contribution is 2.36. The van der Waals surface area contributed by atoms with Crippen LogP contribution in [0.3, 0.4) is 0 Å². The zero-order valence-electron chi connectivity index (χ0n) is 18.0. The molecule has 4 nitrogen and oxygen atoms in total. The average Bonchev–Trinajstić information content (AvgIpc) is 3.09. The maximum atomic E-state index is 13.1. The SMILES string of the molecule is O/C(F)=C/C(O)=C\C=C\C1C(CCCC(O)c2ccc(F)cc2)CC(=S)N1c1ccccc1. The van der Waals surface area contributed by atoms with Crippen molar-refractivity contribution in [2.75, 3.05) is 4.90 Å².